The van der Waals surface area contributed by atoms with Crippen LogP contribution in [0.25, 0.3) is 0 Å². The van der Waals surface area contributed by atoms with Gasteiger partial charge in [0.2, 0.25) is 0 Å². The van der Waals surface area contributed by atoms with Crippen LogP contribution in [-0.4, -0.2) is 12.0 Å². The van der Waals surface area contributed by atoms with E-state index >= 15 is 0 Å². The lowest BCUT2D eigenvalue weighted by Crippen LogP contribution is -1.90. The fraction of sp³-hybridized carbons (Fsp3) is 0.667. The highest BCUT2D eigenvalue weighted by atomic mass is 32.2. The predicted molar refractivity (Wildman–Crippen MR) is 54.5 cm³/mol. The van der Waals surface area contributed by atoms with Crippen LogP contribution in [0.3, 0.4) is 0 Å². The van der Waals surface area contributed by atoms with E-state index in [1.165, 1.54) is 11.1 Å². The van der Waals surface area contributed by atoms with Crippen LogP contribution in [0.1, 0.15) is 27.2 Å². The van der Waals surface area contributed by atoms with Crippen molar-refractivity contribution in [3.05, 3.63) is 11.0 Å². The van der Waals surface area contributed by atoms with E-state index in [0.717, 1.165) is 18.1 Å². The molecule has 0 atom stereocenters. The van der Waals surface area contributed by atoms with Crippen LogP contribution in [0.5, 0.6) is 0 Å². The maximum absolute atomic E-state index is 6.91. The number of allylic oxidation sites excluding steroid dienone is 2. The van der Waals surface area contributed by atoms with Crippen LogP contribution in [0.15, 0.2) is 11.0 Å². The molecule has 64 valence electrons. The van der Waals surface area contributed by atoms with Crippen molar-refractivity contribution in [3.8, 4) is 0 Å². The van der Waals surface area contributed by atoms with Crippen LogP contribution >= 0.6 is 11.8 Å². The van der Waals surface area contributed by atoms with Gasteiger partial charge in [-0.25, -0.2) is 0 Å². The number of thioether (sulfide) groups is 1. The molecule has 0 fully saturated rings. The Balaban J connectivity index is 3.69. The highest BCUT2D eigenvalue weighted by Crippen LogP contribution is 2.20. The average Bonchev–Trinajstić information content (AvgIpc) is 1.97. The van der Waals surface area contributed by atoms with Crippen molar-refractivity contribution in [2.45, 2.75) is 27.2 Å². The Morgan fingerprint density at radius 3 is 2.55 bits per heavy atom. The standard InChI is InChI=1S/C9H17NS/c1-4-9(5-6-10)11-7-8(2)3/h5-6,8,10H,4,7H2,1-3H3/b9-5+,10-6?. The molecule has 0 saturated heterocycles. The molecule has 0 aromatic heterocycles. The molecule has 1 N–H and O–H groups in total. The van der Waals surface area contributed by atoms with Crippen LogP contribution in [0, 0.1) is 11.3 Å². The van der Waals surface area contributed by atoms with Crippen molar-refractivity contribution in [1.29, 1.82) is 5.41 Å². The van der Waals surface area contributed by atoms with E-state index in [-0.39, 0.29) is 0 Å². The van der Waals surface area contributed by atoms with Gasteiger partial charge >= 0.3 is 0 Å². The molecule has 0 amide bonds. The highest BCUT2D eigenvalue weighted by molar-refractivity contribution is 8.03. The minimum absolute atomic E-state index is 0.737. The maximum atomic E-state index is 6.91. The van der Waals surface area contributed by atoms with Crippen molar-refractivity contribution >= 4 is 18.0 Å². The van der Waals surface area contributed by atoms with Gasteiger partial charge in [-0.05, 0) is 29.1 Å². The molecule has 0 saturated carbocycles. The summed E-state index contributed by atoms with van der Waals surface area (Å²) in [5, 5.41) is 6.91. The van der Waals surface area contributed by atoms with Gasteiger partial charge in [0.05, 0.1) is 0 Å². The third-order valence-corrected chi connectivity index (χ3v) is 2.85. The first kappa shape index (κ1) is 10.8. The second-order valence-corrected chi connectivity index (χ2v) is 4.00. The molecule has 0 heterocycles. The summed E-state index contributed by atoms with van der Waals surface area (Å²) in [6.45, 7) is 6.55. The molecule has 0 aromatic rings. The van der Waals surface area contributed by atoms with E-state index in [4.69, 9.17) is 5.41 Å². The molecule has 0 rings (SSSR count). The van der Waals surface area contributed by atoms with Gasteiger partial charge < -0.3 is 5.41 Å². The summed E-state index contributed by atoms with van der Waals surface area (Å²) in [4.78, 5) is 1.31. The third kappa shape index (κ3) is 6.17. The molecule has 2 heteroatoms. The molecule has 0 unspecified atom stereocenters. The fourth-order valence-corrected chi connectivity index (χ4v) is 1.55. The molecule has 0 aromatic carbocycles. The Morgan fingerprint density at radius 2 is 2.18 bits per heavy atom. The zero-order valence-corrected chi connectivity index (χ0v) is 8.37. The van der Waals surface area contributed by atoms with Gasteiger partial charge in [0.15, 0.2) is 0 Å². The molecule has 1 nitrogen and oxygen atoms in total. The first-order valence-electron chi connectivity index (χ1n) is 4.03. The molecular weight excluding hydrogens is 154 g/mol. The summed E-state index contributed by atoms with van der Waals surface area (Å²) in [6.07, 6.45) is 4.30. The monoisotopic (exact) mass is 171 g/mol. The van der Waals surface area contributed by atoms with E-state index in [0.29, 0.717) is 0 Å². The lowest BCUT2D eigenvalue weighted by atomic mass is 10.3. The average molecular weight is 171 g/mol. The van der Waals surface area contributed by atoms with Gasteiger partial charge in [0.25, 0.3) is 0 Å². The van der Waals surface area contributed by atoms with Crippen LogP contribution in [0.4, 0.5) is 0 Å². The second kappa shape index (κ2) is 6.47. The molecule has 0 aliphatic carbocycles. The lowest BCUT2D eigenvalue weighted by Gasteiger charge is -2.05. The van der Waals surface area contributed by atoms with E-state index in [2.05, 4.69) is 20.8 Å². The quantitative estimate of drug-likeness (QED) is 0.630. The van der Waals surface area contributed by atoms with E-state index in [1.54, 1.807) is 0 Å². The van der Waals surface area contributed by atoms with Crippen molar-refractivity contribution in [3.63, 3.8) is 0 Å². The number of nitrogens with one attached hydrogen (secondary N) is 1. The summed E-state index contributed by atoms with van der Waals surface area (Å²) in [5.74, 6) is 1.90. The zero-order valence-electron chi connectivity index (χ0n) is 7.55. The SMILES string of the molecule is CC/C(=C\C=N)SCC(C)C. The molecule has 0 spiro atoms. The first-order valence-corrected chi connectivity index (χ1v) is 5.01. The maximum Gasteiger partial charge on any atom is 0.0185 e. The molecule has 0 radical (unpaired) electrons. The van der Waals surface area contributed by atoms with Gasteiger partial charge in [0, 0.05) is 6.21 Å². The summed E-state index contributed by atoms with van der Waals surface area (Å²) in [6, 6.07) is 0. The van der Waals surface area contributed by atoms with Crippen LogP contribution in [-0.2, 0) is 0 Å². The minimum atomic E-state index is 0.737. The summed E-state index contributed by atoms with van der Waals surface area (Å²) in [7, 11) is 0. The Labute approximate surface area is 73.8 Å². The van der Waals surface area contributed by atoms with Gasteiger partial charge in [-0.15, -0.1) is 11.8 Å². The number of rotatable bonds is 5. The van der Waals surface area contributed by atoms with E-state index in [9.17, 15) is 0 Å². The number of hydrogen-bond acceptors (Lipinski definition) is 2. The van der Waals surface area contributed by atoms with Gasteiger partial charge in [-0.2, -0.15) is 0 Å². The van der Waals surface area contributed by atoms with E-state index < -0.39 is 0 Å². The molecule has 0 aliphatic rings. The molecule has 0 bridgehead atoms. The van der Waals surface area contributed by atoms with Crippen molar-refractivity contribution in [2.24, 2.45) is 5.92 Å². The largest absolute Gasteiger partial charge is 0.309 e. The Hall–Kier alpha value is -0.240. The van der Waals surface area contributed by atoms with Crippen LogP contribution in [0.2, 0.25) is 0 Å². The molecule has 11 heavy (non-hydrogen) atoms. The first-order chi connectivity index (χ1) is 5.20. The molecular formula is C9H17NS. The summed E-state index contributed by atoms with van der Waals surface area (Å²) < 4.78 is 0. The van der Waals surface area contributed by atoms with Gasteiger partial charge in [-0.3, -0.25) is 0 Å². The normalized spacial score (nSPS) is 12.2. The zero-order chi connectivity index (χ0) is 8.69. The highest BCUT2D eigenvalue weighted by Gasteiger charge is 1.97. The Bertz CT molecular complexity index is 138. The van der Waals surface area contributed by atoms with E-state index in [1.807, 2.05) is 17.8 Å². The molecule has 0 aliphatic heterocycles. The Morgan fingerprint density at radius 1 is 1.55 bits per heavy atom. The Kier molecular flexibility index (Phi) is 6.33. The van der Waals surface area contributed by atoms with Gasteiger partial charge in [0.1, 0.15) is 0 Å². The summed E-state index contributed by atoms with van der Waals surface area (Å²) in [5.41, 5.74) is 0. The van der Waals surface area contributed by atoms with Gasteiger partial charge in [-0.1, -0.05) is 20.8 Å². The number of hydrogen-bond donors (Lipinski definition) is 1. The van der Waals surface area contributed by atoms with Crippen molar-refractivity contribution in [1.82, 2.24) is 0 Å². The van der Waals surface area contributed by atoms with Crippen LogP contribution < -0.4 is 0 Å². The van der Waals surface area contributed by atoms with Crippen molar-refractivity contribution in [2.75, 3.05) is 5.75 Å². The minimum Gasteiger partial charge on any atom is -0.309 e. The smallest absolute Gasteiger partial charge is 0.0185 e. The predicted octanol–water partition coefficient (Wildman–Crippen LogP) is 3.32. The second-order valence-electron chi connectivity index (χ2n) is 2.86. The van der Waals surface area contributed by atoms with Crippen molar-refractivity contribution < 1.29 is 0 Å². The third-order valence-electron chi connectivity index (χ3n) is 1.22. The lowest BCUT2D eigenvalue weighted by molar-refractivity contribution is 0.751. The summed E-state index contributed by atoms with van der Waals surface area (Å²) >= 11 is 1.86. The fourth-order valence-electron chi connectivity index (χ4n) is 0.635. The topological polar surface area (TPSA) is 23.9 Å².